The molecule has 1 aromatic carbocycles. The minimum absolute atomic E-state index is 0.0288. The van der Waals surface area contributed by atoms with Gasteiger partial charge in [0.1, 0.15) is 17.9 Å². The molecule has 28 heavy (non-hydrogen) atoms. The van der Waals surface area contributed by atoms with Gasteiger partial charge in [-0.25, -0.2) is 4.98 Å². The minimum atomic E-state index is -0.115. The van der Waals surface area contributed by atoms with Crippen LogP contribution in [0, 0.1) is 6.92 Å². The lowest BCUT2D eigenvalue weighted by Crippen LogP contribution is -2.32. The lowest BCUT2D eigenvalue weighted by atomic mass is 10.1. The van der Waals surface area contributed by atoms with Crippen LogP contribution in [0.25, 0.3) is 11.0 Å². The molecule has 0 saturated carbocycles. The number of nitrogens with zero attached hydrogens (tertiary/aromatic N) is 3. The molecular weight excluding hydrogens is 352 g/mol. The summed E-state index contributed by atoms with van der Waals surface area (Å²) >= 11 is 0. The second-order valence-corrected chi connectivity index (χ2v) is 7.60. The average Bonchev–Trinajstić information content (AvgIpc) is 2.84. The molecule has 1 amide bonds. The van der Waals surface area contributed by atoms with Crippen LogP contribution in [0.1, 0.15) is 49.3 Å². The summed E-state index contributed by atoms with van der Waals surface area (Å²) in [5.41, 5.74) is 3.13. The van der Waals surface area contributed by atoms with Gasteiger partial charge >= 0.3 is 0 Å². The van der Waals surface area contributed by atoms with Crippen LogP contribution in [-0.2, 0) is 24.3 Å². The van der Waals surface area contributed by atoms with Gasteiger partial charge in [-0.05, 0) is 38.3 Å². The van der Waals surface area contributed by atoms with Crippen molar-refractivity contribution in [2.75, 3.05) is 0 Å². The lowest BCUT2D eigenvalue weighted by Gasteiger charge is -2.16. The maximum Gasteiger partial charge on any atom is 0.278 e. The molecular formula is C22H26N4O2. The highest BCUT2D eigenvalue weighted by Gasteiger charge is 2.20. The molecule has 6 heteroatoms. The number of amides is 1. The highest BCUT2D eigenvalue weighted by molar-refractivity contribution is 5.81. The Morgan fingerprint density at radius 1 is 1.21 bits per heavy atom. The van der Waals surface area contributed by atoms with Crippen LogP contribution >= 0.6 is 0 Å². The summed E-state index contributed by atoms with van der Waals surface area (Å²) in [6.07, 6.45) is 4.02. The van der Waals surface area contributed by atoms with Gasteiger partial charge in [-0.1, -0.05) is 36.8 Å². The normalized spacial score (nSPS) is 15.1. The molecule has 3 aromatic rings. The van der Waals surface area contributed by atoms with E-state index < -0.39 is 0 Å². The highest BCUT2D eigenvalue weighted by atomic mass is 16.2. The smallest absolute Gasteiger partial charge is 0.278 e. The predicted octanol–water partition coefficient (Wildman–Crippen LogP) is 3.11. The third-order valence-electron chi connectivity index (χ3n) is 5.55. The number of hydrogen-bond donors (Lipinski definition) is 1. The number of carbonyl (C=O) groups excluding carboxylic acids is 1. The molecule has 3 heterocycles. The average molecular weight is 378 g/mol. The molecule has 1 aliphatic rings. The summed E-state index contributed by atoms with van der Waals surface area (Å²) in [7, 11) is 0. The number of rotatable bonds is 4. The zero-order valence-corrected chi connectivity index (χ0v) is 16.4. The minimum Gasteiger partial charge on any atom is -0.348 e. The summed E-state index contributed by atoms with van der Waals surface area (Å²) in [4.78, 5) is 30.6. The van der Waals surface area contributed by atoms with E-state index >= 15 is 0 Å². The van der Waals surface area contributed by atoms with Crippen LogP contribution in [0.3, 0.4) is 0 Å². The van der Waals surface area contributed by atoms with E-state index in [9.17, 15) is 9.59 Å². The number of aryl methyl sites for hydroxylation is 2. The molecule has 0 aliphatic carbocycles. The maximum atomic E-state index is 13.2. The lowest BCUT2D eigenvalue weighted by molar-refractivity contribution is -0.122. The van der Waals surface area contributed by atoms with Gasteiger partial charge in [0, 0.05) is 18.7 Å². The Hall–Kier alpha value is -2.89. The maximum absolute atomic E-state index is 13.2. The monoisotopic (exact) mass is 378 g/mol. The van der Waals surface area contributed by atoms with E-state index in [1.54, 1.807) is 9.13 Å². The second-order valence-electron chi connectivity index (χ2n) is 7.60. The van der Waals surface area contributed by atoms with Crippen LogP contribution < -0.4 is 10.9 Å². The van der Waals surface area contributed by atoms with Crippen LogP contribution in [0.4, 0.5) is 0 Å². The number of benzene rings is 1. The Bertz CT molecular complexity index is 1070. The Balaban J connectivity index is 1.63. The second kappa shape index (κ2) is 7.62. The van der Waals surface area contributed by atoms with Gasteiger partial charge in [-0.15, -0.1) is 0 Å². The summed E-state index contributed by atoms with van der Waals surface area (Å²) in [6, 6.07) is 11.7. The molecule has 1 aliphatic heterocycles. The summed E-state index contributed by atoms with van der Waals surface area (Å²) in [6.45, 7) is 4.70. The summed E-state index contributed by atoms with van der Waals surface area (Å²) in [5, 5.41) is 3.03. The predicted molar refractivity (Wildman–Crippen MR) is 109 cm³/mol. The third-order valence-corrected chi connectivity index (χ3v) is 5.55. The quantitative estimate of drug-likeness (QED) is 0.758. The van der Waals surface area contributed by atoms with E-state index in [2.05, 4.69) is 5.32 Å². The van der Waals surface area contributed by atoms with Crippen LogP contribution in [-0.4, -0.2) is 20.0 Å². The molecule has 6 nitrogen and oxygen atoms in total. The topological polar surface area (TPSA) is 68.9 Å². The first kappa shape index (κ1) is 18.5. The van der Waals surface area contributed by atoms with Gasteiger partial charge < -0.3 is 9.88 Å². The molecule has 146 valence electrons. The van der Waals surface area contributed by atoms with Gasteiger partial charge in [0.15, 0.2) is 0 Å². The molecule has 2 aromatic heterocycles. The first-order chi connectivity index (χ1) is 13.5. The number of nitrogens with one attached hydrogen (secondary N) is 1. The van der Waals surface area contributed by atoms with E-state index in [-0.39, 0.29) is 24.1 Å². The molecule has 0 bridgehead atoms. The molecule has 1 atom stereocenters. The van der Waals surface area contributed by atoms with Crippen molar-refractivity contribution in [2.45, 2.75) is 58.7 Å². The fraction of sp³-hybridized carbons (Fsp3) is 0.409. The molecule has 0 spiro atoms. The van der Waals surface area contributed by atoms with Gasteiger partial charge in [0.25, 0.3) is 5.56 Å². The van der Waals surface area contributed by atoms with Gasteiger partial charge in [0.2, 0.25) is 5.91 Å². The molecule has 1 N–H and O–H groups in total. The Morgan fingerprint density at radius 2 is 2.00 bits per heavy atom. The SMILES string of the molecule is Cc1cc2nc3n(c(=O)c2n1CC(=O)N[C@@H](C)c1ccccc1)CCCCC3. The molecule has 0 saturated heterocycles. The Morgan fingerprint density at radius 3 is 2.79 bits per heavy atom. The van der Waals surface area contributed by atoms with E-state index in [4.69, 9.17) is 4.98 Å². The van der Waals surface area contributed by atoms with Crippen LogP contribution in [0.5, 0.6) is 0 Å². The van der Waals surface area contributed by atoms with Crippen LogP contribution in [0.2, 0.25) is 0 Å². The summed E-state index contributed by atoms with van der Waals surface area (Å²) < 4.78 is 3.60. The van der Waals surface area contributed by atoms with E-state index in [1.165, 1.54) is 0 Å². The molecule has 4 rings (SSSR count). The van der Waals surface area contributed by atoms with Crippen molar-refractivity contribution in [3.8, 4) is 0 Å². The Labute approximate surface area is 164 Å². The van der Waals surface area contributed by atoms with E-state index in [1.807, 2.05) is 50.2 Å². The molecule has 0 fully saturated rings. The molecule has 0 radical (unpaired) electrons. The fourth-order valence-electron chi connectivity index (χ4n) is 4.02. The standard InChI is InChI=1S/C22H26N4O2/c1-15-13-18-21(22(28)25-12-8-4-7-11-19(25)24-18)26(15)14-20(27)23-16(2)17-9-5-3-6-10-17/h3,5-6,9-10,13,16H,4,7-8,11-12,14H2,1-2H3,(H,23,27)/t16-/m0/s1. The van der Waals surface area contributed by atoms with Crippen molar-refractivity contribution in [1.82, 2.24) is 19.4 Å². The van der Waals surface area contributed by atoms with Crippen LogP contribution in [0.15, 0.2) is 41.2 Å². The zero-order chi connectivity index (χ0) is 19.7. The Kier molecular flexibility index (Phi) is 5.03. The first-order valence-electron chi connectivity index (χ1n) is 9.98. The number of fused-ring (bicyclic) bond motifs is 2. The van der Waals surface area contributed by atoms with Crippen molar-refractivity contribution in [3.05, 3.63) is 63.8 Å². The van der Waals surface area contributed by atoms with E-state index in [0.717, 1.165) is 42.8 Å². The van der Waals surface area contributed by atoms with E-state index in [0.29, 0.717) is 17.6 Å². The van der Waals surface area contributed by atoms with Crippen molar-refractivity contribution < 1.29 is 4.79 Å². The van der Waals surface area contributed by atoms with Gasteiger partial charge in [0.05, 0.1) is 11.6 Å². The molecule has 0 unspecified atom stereocenters. The zero-order valence-electron chi connectivity index (χ0n) is 16.4. The van der Waals surface area contributed by atoms with Crippen molar-refractivity contribution >= 4 is 16.9 Å². The van der Waals surface area contributed by atoms with Crippen molar-refractivity contribution in [3.63, 3.8) is 0 Å². The highest BCUT2D eigenvalue weighted by Crippen LogP contribution is 2.19. The number of aromatic nitrogens is 3. The summed E-state index contributed by atoms with van der Waals surface area (Å²) in [5.74, 6) is 0.755. The van der Waals surface area contributed by atoms with Gasteiger partial charge in [-0.2, -0.15) is 0 Å². The van der Waals surface area contributed by atoms with Gasteiger partial charge in [-0.3, -0.25) is 14.2 Å². The third kappa shape index (κ3) is 3.46. The van der Waals surface area contributed by atoms with Crippen molar-refractivity contribution in [1.29, 1.82) is 0 Å². The largest absolute Gasteiger partial charge is 0.348 e. The number of carbonyl (C=O) groups is 1. The fourth-order valence-corrected chi connectivity index (χ4v) is 4.02. The van der Waals surface area contributed by atoms with Crippen molar-refractivity contribution in [2.24, 2.45) is 0 Å². The first-order valence-corrected chi connectivity index (χ1v) is 9.98. The number of hydrogen-bond acceptors (Lipinski definition) is 3.